The molecule has 0 aliphatic carbocycles. The van der Waals surface area contributed by atoms with Gasteiger partial charge in [-0.25, -0.2) is 13.9 Å². The van der Waals surface area contributed by atoms with Gasteiger partial charge in [0.2, 0.25) is 0 Å². The average Bonchev–Trinajstić information content (AvgIpc) is 2.97. The van der Waals surface area contributed by atoms with Crippen molar-refractivity contribution in [2.75, 3.05) is 5.32 Å². The molecule has 1 atom stereocenters. The molecule has 0 aliphatic rings. The van der Waals surface area contributed by atoms with Crippen molar-refractivity contribution in [2.45, 2.75) is 26.9 Å². The van der Waals surface area contributed by atoms with Crippen molar-refractivity contribution >= 4 is 29.2 Å². The standard InChI is InChI=1S/C21H19ClFN3O3/c1-12-19(22)13(2)26(25-12)16-10-8-15(9-11-16)21(28)29-14(3)20(27)24-18-7-5-4-6-17(18)23/h4-11,14H,1-3H3,(H,24,27). The molecule has 150 valence electrons. The van der Waals surface area contributed by atoms with Crippen molar-refractivity contribution in [1.82, 2.24) is 9.78 Å². The molecular formula is C21H19ClFN3O3. The number of ether oxygens (including phenoxy) is 1. The van der Waals surface area contributed by atoms with E-state index in [2.05, 4.69) is 10.4 Å². The van der Waals surface area contributed by atoms with Crippen LogP contribution in [0, 0.1) is 19.7 Å². The van der Waals surface area contributed by atoms with E-state index in [-0.39, 0.29) is 11.3 Å². The summed E-state index contributed by atoms with van der Waals surface area (Å²) < 4.78 is 20.5. The van der Waals surface area contributed by atoms with Crippen molar-refractivity contribution < 1.29 is 18.7 Å². The molecule has 1 heterocycles. The lowest BCUT2D eigenvalue weighted by Gasteiger charge is -2.14. The Labute approximate surface area is 172 Å². The van der Waals surface area contributed by atoms with E-state index >= 15 is 0 Å². The number of carbonyl (C=O) groups is 2. The number of amides is 1. The molecule has 8 heteroatoms. The van der Waals surface area contributed by atoms with Gasteiger partial charge in [-0.05, 0) is 57.2 Å². The van der Waals surface area contributed by atoms with Crippen LogP contribution in [0.2, 0.25) is 5.02 Å². The maximum atomic E-state index is 13.6. The number of esters is 1. The van der Waals surface area contributed by atoms with Gasteiger partial charge < -0.3 is 10.1 Å². The molecule has 1 unspecified atom stereocenters. The number of halogens is 2. The van der Waals surface area contributed by atoms with E-state index in [1.807, 2.05) is 13.8 Å². The molecule has 0 saturated carbocycles. The Morgan fingerprint density at radius 1 is 1.14 bits per heavy atom. The molecule has 2 aromatic carbocycles. The topological polar surface area (TPSA) is 73.2 Å². The van der Waals surface area contributed by atoms with Crippen LogP contribution in [0.5, 0.6) is 0 Å². The molecule has 0 radical (unpaired) electrons. The lowest BCUT2D eigenvalue weighted by atomic mass is 10.2. The van der Waals surface area contributed by atoms with E-state index in [4.69, 9.17) is 16.3 Å². The molecule has 3 aromatic rings. The van der Waals surface area contributed by atoms with Gasteiger partial charge in [0.25, 0.3) is 5.91 Å². The number of rotatable bonds is 5. The summed E-state index contributed by atoms with van der Waals surface area (Å²) >= 11 is 6.17. The molecule has 0 spiro atoms. The summed E-state index contributed by atoms with van der Waals surface area (Å²) in [7, 11) is 0. The van der Waals surface area contributed by atoms with Gasteiger partial charge in [0.15, 0.2) is 6.10 Å². The summed E-state index contributed by atoms with van der Waals surface area (Å²) in [5.74, 6) is -1.87. The van der Waals surface area contributed by atoms with Crippen LogP contribution in [-0.2, 0) is 9.53 Å². The van der Waals surface area contributed by atoms with E-state index in [9.17, 15) is 14.0 Å². The second-order valence-electron chi connectivity index (χ2n) is 6.46. The highest BCUT2D eigenvalue weighted by Gasteiger charge is 2.20. The predicted octanol–water partition coefficient (Wildman–Crippen LogP) is 4.47. The maximum Gasteiger partial charge on any atom is 0.338 e. The molecule has 0 saturated heterocycles. The number of nitrogens with one attached hydrogen (secondary N) is 1. The number of nitrogens with zero attached hydrogens (tertiary/aromatic N) is 2. The highest BCUT2D eigenvalue weighted by molar-refractivity contribution is 6.31. The minimum atomic E-state index is -1.10. The number of benzene rings is 2. The molecule has 1 amide bonds. The van der Waals surface area contributed by atoms with Crippen molar-refractivity contribution in [3.63, 3.8) is 0 Å². The molecule has 29 heavy (non-hydrogen) atoms. The Kier molecular flexibility index (Phi) is 5.98. The second-order valence-corrected chi connectivity index (χ2v) is 6.84. The van der Waals surface area contributed by atoms with Crippen molar-refractivity contribution in [3.05, 3.63) is 76.3 Å². The first-order valence-electron chi connectivity index (χ1n) is 8.86. The number of anilines is 1. The molecule has 0 fully saturated rings. The Balaban J connectivity index is 1.66. The molecule has 3 rings (SSSR count). The summed E-state index contributed by atoms with van der Waals surface area (Å²) in [6, 6.07) is 12.3. The molecule has 0 bridgehead atoms. The summed E-state index contributed by atoms with van der Waals surface area (Å²) in [4.78, 5) is 24.5. The SMILES string of the molecule is Cc1nn(-c2ccc(C(=O)OC(C)C(=O)Nc3ccccc3F)cc2)c(C)c1Cl. The maximum absolute atomic E-state index is 13.6. The number of aromatic nitrogens is 2. The highest BCUT2D eigenvalue weighted by Crippen LogP contribution is 2.22. The Morgan fingerprint density at radius 2 is 1.79 bits per heavy atom. The first kappa shape index (κ1) is 20.5. The van der Waals surface area contributed by atoms with E-state index in [0.29, 0.717) is 10.7 Å². The van der Waals surface area contributed by atoms with E-state index in [1.54, 1.807) is 35.0 Å². The minimum Gasteiger partial charge on any atom is -0.449 e. The Hall–Kier alpha value is -3.19. The zero-order valence-electron chi connectivity index (χ0n) is 16.1. The van der Waals surface area contributed by atoms with Gasteiger partial charge in [-0.15, -0.1) is 0 Å². The van der Waals surface area contributed by atoms with Crippen LogP contribution in [0.3, 0.4) is 0 Å². The zero-order valence-corrected chi connectivity index (χ0v) is 16.8. The summed E-state index contributed by atoms with van der Waals surface area (Å²) in [5.41, 5.74) is 2.53. The lowest BCUT2D eigenvalue weighted by Crippen LogP contribution is -2.30. The molecular weight excluding hydrogens is 397 g/mol. The Bertz CT molecular complexity index is 1060. The van der Waals surface area contributed by atoms with Crippen LogP contribution in [-0.4, -0.2) is 27.8 Å². The van der Waals surface area contributed by atoms with Gasteiger partial charge in [-0.1, -0.05) is 23.7 Å². The van der Waals surface area contributed by atoms with Crippen LogP contribution in [0.4, 0.5) is 10.1 Å². The summed E-state index contributed by atoms with van der Waals surface area (Å²) in [6.07, 6.45) is -1.10. The summed E-state index contributed by atoms with van der Waals surface area (Å²) in [5, 5.41) is 7.34. The molecule has 1 aromatic heterocycles. The van der Waals surface area contributed by atoms with Crippen LogP contribution in [0.15, 0.2) is 48.5 Å². The molecule has 1 N–H and O–H groups in total. The summed E-state index contributed by atoms with van der Waals surface area (Å²) in [6.45, 7) is 5.08. The smallest absolute Gasteiger partial charge is 0.338 e. The fraction of sp³-hybridized carbons (Fsp3) is 0.190. The van der Waals surface area contributed by atoms with Crippen LogP contribution < -0.4 is 5.32 Å². The largest absolute Gasteiger partial charge is 0.449 e. The van der Waals surface area contributed by atoms with Crippen molar-refractivity contribution in [1.29, 1.82) is 0 Å². The highest BCUT2D eigenvalue weighted by atomic mass is 35.5. The predicted molar refractivity (Wildman–Crippen MR) is 108 cm³/mol. The van der Waals surface area contributed by atoms with Gasteiger partial charge in [0.05, 0.1) is 33.3 Å². The lowest BCUT2D eigenvalue weighted by molar-refractivity contribution is -0.123. The fourth-order valence-electron chi connectivity index (χ4n) is 2.69. The van der Waals surface area contributed by atoms with E-state index < -0.39 is 23.8 Å². The third-order valence-corrected chi connectivity index (χ3v) is 4.88. The van der Waals surface area contributed by atoms with Crippen LogP contribution in [0.1, 0.15) is 28.7 Å². The monoisotopic (exact) mass is 415 g/mol. The third-order valence-electron chi connectivity index (χ3n) is 4.34. The number of aryl methyl sites for hydroxylation is 1. The quantitative estimate of drug-likeness (QED) is 0.624. The Morgan fingerprint density at radius 3 is 2.38 bits per heavy atom. The zero-order chi connectivity index (χ0) is 21.1. The van der Waals surface area contributed by atoms with Crippen LogP contribution in [0.25, 0.3) is 5.69 Å². The second kappa shape index (κ2) is 8.45. The third kappa shape index (κ3) is 4.46. The van der Waals surface area contributed by atoms with Crippen molar-refractivity contribution in [2.24, 2.45) is 0 Å². The minimum absolute atomic E-state index is 0.0216. The first-order chi connectivity index (χ1) is 13.8. The van der Waals surface area contributed by atoms with Gasteiger partial charge in [0, 0.05) is 0 Å². The fourth-order valence-corrected chi connectivity index (χ4v) is 2.81. The first-order valence-corrected chi connectivity index (χ1v) is 9.24. The normalized spacial score (nSPS) is 11.8. The number of carbonyl (C=O) groups excluding carboxylic acids is 2. The molecule has 6 nitrogen and oxygen atoms in total. The number of hydrogen-bond acceptors (Lipinski definition) is 4. The van der Waals surface area contributed by atoms with Gasteiger partial charge in [-0.2, -0.15) is 5.10 Å². The number of hydrogen-bond donors (Lipinski definition) is 1. The van der Waals surface area contributed by atoms with Crippen LogP contribution >= 0.6 is 11.6 Å². The van der Waals surface area contributed by atoms with Gasteiger partial charge in [-0.3, -0.25) is 4.79 Å². The molecule has 0 aliphatic heterocycles. The van der Waals surface area contributed by atoms with Gasteiger partial charge in [0.1, 0.15) is 5.82 Å². The average molecular weight is 416 g/mol. The number of para-hydroxylation sites is 1. The van der Waals surface area contributed by atoms with E-state index in [1.165, 1.54) is 25.1 Å². The van der Waals surface area contributed by atoms with E-state index in [0.717, 1.165) is 11.4 Å². The van der Waals surface area contributed by atoms with Crippen molar-refractivity contribution in [3.8, 4) is 5.69 Å². The van der Waals surface area contributed by atoms with Gasteiger partial charge >= 0.3 is 5.97 Å².